The van der Waals surface area contributed by atoms with Crippen molar-refractivity contribution >= 4 is 50.7 Å². The second kappa shape index (κ2) is 9.47. The van der Waals surface area contributed by atoms with Gasteiger partial charge in [-0.2, -0.15) is 4.98 Å². The van der Waals surface area contributed by atoms with Crippen molar-refractivity contribution in [2.24, 2.45) is 0 Å². The molecule has 0 unspecified atom stereocenters. The molecule has 0 saturated carbocycles. The Morgan fingerprint density at radius 2 is 1.97 bits per heavy atom. The summed E-state index contributed by atoms with van der Waals surface area (Å²) in [6.07, 6.45) is 1.74. The normalized spacial score (nSPS) is 16.6. The van der Waals surface area contributed by atoms with Crippen LogP contribution in [0.4, 0.5) is 28.8 Å². The molecule has 3 heterocycles. The summed E-state index contributed by atoms with van der Waals surface area (Å²) in [7, 11) is 0. The first-order valence-corrected chi connectivity index (χ1v) is 12.7. The fourth-order valence-corrected chi connectivity index (χ4v) is 5.07. The molecule has 2 aliphatic rings. The van der Waals surface area contributed by atoms with Crippen LogP contribution >= 0.6 is 15.9 Å². The molecule has 0 aliphatic carbocycles. The van der Waals surface area contributed by atoms with Gasteiger partial charge in [-0.3, -0.25) is 4.79 Å². The monoisotopic (exact) mass is 535 g/mol. The SMILES string of the molecule is Cc1cc(N2CCNCC2)ccc1Nc1ncc(Br)c(NCc2cccc3c2C(C)(C)C(=O)N3)n1. The molecule has 0 radical (unpaired) electrons. The summed E-state index contributed by atoms with van der Waals surface area (Å²) < 4.78 is 0.773. The Labute approximate surface area is 214 Å². The zero-order valence-electron chi connectivity index (χ0n) is 20.2. The fourth-order valence-electron chi connectivity index (χ4n) is 4.74. The molecule has 1 amide bonds. The van der Waals surface area contributed by atoms with Crippen LogP contribution in [0, 0.1) is 6.92 Å². The molecule has 5 rings (SSSR count). The van der Waals surface area contributed by atoms with E-state index in [1.807, 2.05) is 32.0 Å². The molecule has 35 heavy (non-hydrogen) atoms. The number of anilines is 5. The number of carbonyl (C=O) groups is 1. The van der Waals surface area contributed by atoms with Crippen LogP contribution in [0.3, 0.4) is 0 Å². The standard InChI is InChI=1S/C26H30BrN7O/c1-16-13-18(34-11-9-28-10-12-34)7-8-20(16)32-25-30-15-19(27)23(33-25)29-14-17-5-4-6-21-22(17)26(2,3)24(35)31-21/h4-8,13,15,28H,9-12,14H2,1-3H3,(H,31,35)(H2,29,30,32,33). The number of rotatable bonds is 6. The molecule has 1 fully saturated rings. The van der Waals surface area contributed by atoms with Crippen LogP contribution in [0.2, 0.25) is 0 Å². The lowest BCUT2D eigenvalue weighted by Gasteiger charge is -2.30. The highest BCUT2D eigenvalue weighted by atomic mass is 79.9. The molecular weight excluding hydrogens is 506 g/mol. The Kier molecular flexibility index (Phi) is 6.37. The van der Waals surface area contributed by atoms with Gasteiger partial charge in [-0.1, -0.05) is 12.1 Å². The van der Waals surface area contributed by atoms with Crippen molar-refractivity contribution in [2.45, 2.75) is 32.7 Å². The quantitative estimate of drug-likeness (QED) is 0.368. The molecule has 8 nitrogen and oxygen atoms in total. The van der Waals surface area contributed by atoms with Gasteiger partial charge in [0.25, 0.3) is 0 Å². The minimum atomic E-state index is -0.572. The molecule has 3 aromatic rings. The van der Waals surface area contributed by atoms with Gasteiger partial charge in [0.1, 0.15) is 5.82 Å². The maximum Gasteiger partial charge on any atom is 0.234 e. The average Bonchev–Trinajstić information content (AvgIpc) is 3.09. The van der Waals surface area contributed by atoms with E-state index < -0.39 is 5.41 Å². The molecule has 1 saturated heterocycles. The predicted octanol–water partition coefficient (Wildman–Crippen LogP) is 4.54. The highest BCUT2D eigenvalue weighted by Crippen LogP contribution is 2.40. The summed E-state index contributed by atoms with van der Waals surface area (Å²) in [5.41, 5.74) is 5.75. The number of nitrogens with zero attached hydrogens (tertiary/aromatic N) is 3. The number of carbonyl (C=O) groups excluding carboxylic acids is 1. The van der Waals surface area contributed by atoms with Crippen LogP contribution in [0.1, 0.15) is 30.5 Å². The largest absolute Gasteiger partial charge is 0.369 e. The Morgan fingerprint density at radius 3 is 2.74 bits per heavy atom. The number of hydrogen-bond acceptors (Lipinski definition) is 7. The molecule has 4 N–H and O–H groups in total. The summed E-state index contributed by atoms with van der Waals surface area (Å²) in [5, 5.41) is 13.2. The Balaban J connectivity index is 1.32. The zero-order valence-corrected chi connectivity index (χ0v) is 21.8. The minimum Gasteiger partial charge on any atom is -0.369 e. The van der Waals surface area contributed by atoms with Crippen molar-refractivity contribution in [2.75, 3.05) is 47.0 Å². The van der Waals surface area contributed by atoms with E-state index in [9.17, 15) is 4.79 Å². The molecule has 0 bridgehead atoms. The van der Waals surface area contributed by atoms with Crippen LogP contribution in [0.15, 0.2) is 47.1 Å². The van der Waals surface area contributed by atoms with E-state index in [0.717, 1.165) is 58.7 Å². The van der Waals surface area contributed by atoms with Gasteiger partial charge < -0.3 is 26.2 Å². The van der Waals surface area contributed by atoms with Crippen LogP contribution in [-0.4, -0.2) is 42.1 Å². The second-order valence-corrected chi connectivity index (χ2v) is 10.4. The highest BCUT2D eigenvalue weighted by molar-refractivity contribution is 9.10. The Morgan fingerprint density at radius 1 is 1.17 bits per heavy atom. The molecule has 2 aromatic carbocycles. The summed E-state index contributed by atoms with van der Waals surface area (Å²) in [4.78, 5) is 24.0. The second-order valence-electron chi connectivity index (χ2n) is 9.52. The number of piperazine rings is 1. The first-order valence-electron chi connectivity index (χ1n) is 11.9. The van der Waals surface area contributed by atoms with Crippen molar-refractivity contribution in [1.82, 2.24) is 15.3 Å². The van der Waals surface area contributed by atoms with Crippen LogP contribution in [-0.2, 0) is 16.8 Å². The molecule has 0 atom stereocenters. The van der Waals surface area contributed by atoms with Crippen LogP contribution in [0.25, 0.3) is 0 Å². The average molecular weight is 536 g/mol. The van der Waals surface area contributed by atoms with Crippen LogP contribution in [0.5, 0.6) is 0 Å². The van der Waals surface area contributed by atoms with E-state index in [0.29, 0.717) is 18.3 Å². The summed E-state index contributed by atoms with van der Waals surface area (Å²) in [6, 6.07) is 12.4. The number of aromatic nitrogens is 2. The maximum atomic E-state index is 12.4. The number of amides is 1. The van der Waals surface area contributed by atoms with Crippen molar-refractivity contribution in [3.63, 3.8) is 0 Å². The predicted molar refractivity (Wildman–Crippen MR) is 145 cm³/mol. The molecule has 2 aliphatic heterocycles. The number of benzene rings is 2. The third-order valence-electron chi connectivity index (χ3n) is 6.72. The first kappa shape index (κ1) is 23.6. The van der Waals surface area contributed by atoms with E-state index in [1.54, 1.807) is 6.20 Å². The summed E-state index contributed by atoms with van der Waals surface area (Å²) >= 11 is 3.56. The van der Waals surface area contributed by atoms with E-state index >= 15 is 0 Å². The number of aryl methyl sites for hydroxylation is 1. The number of halogens is 1. The number of hydrogen-bond donors (Lipinski definition) is 4. The van der Waals surface area contributed by atoms with Gasteiger partial charge in [0, 0.05) is 56.0 Å². The van der Waals surface area contributed by atoms with Crippen molar-refractivity contribution in [3.05, 3.63) is 63.8 Å². The topological polar surface area (TPSA) is 94.2 Å². The zero-order chi connectivity index (χ0) is 24.6. The molecule has 182 valence electrons. The number of fused-ring (bicyclic) bond motifs is 1. The van der Waals surface area contributed by atoms with Gasteiger partial charge >= 0.3 is 0 Å². The lowest BCUT2D eigenvalue weighted by atomic mass is 9.83. The van der Waals surface area contributed by atoms with Gasteiger partial charge in [0.15, 0.2) is 0 Å². The number of nitrogens with one attached hydrogen (secondary N) is 4. The highest BCUT2D eigenvalue weighted by Gasteiger charge is 2.39. The van der Waals surface area contributed by atoms with Crippen molar-refractivity contribution in [1.29, 1.82) is 0 Å². The lowest BCUT2D eigenvalue weighted by molar-refractivity contribution is -0.119. The fraction of sp³-hybridized carbons (Fsp3) is 0.346. The minimum absolute atomic E-state index is 0.0213. The molecular formula is C26H30BrN7O. The molecule has 9 heteroatoms. The van der Waals surface area contributed by atoms with Crippen molar-refractivity contribution < 1.29 is 4.79 Å². The molecule has 1 aromatic heterocycles. The van der Waals surface area contributed by atoms with E-state index in [2.05, 4.69) is 72.2 Å². The Bertz CT molecular complexity index is 1270. The van der Waals surface area contributed by atoms with Gasteiger partial charge in [0.05, 0.1) is 9.89 Å². The van der Waals surface area contributed by atoms with Crippen LogP contribution < -0.4 is 26.2 Å². The third kappa shape index (κ3) is 4.70. The maximum absolute atomic E-state index is 12.4. The smallest absolute Gasteiger partial charge is 0.234 e. The third-order valence-corrected chi connectivity index (χ3v) is 7.30. The van der Waals surface area contributed by atoms with Crippen molar-refractivity contribution in [3.8, 4) is 0 Å². The lowest BCUT2D eigenvalue weighted by Crippen LogP contribution is -2.43. The van der Waals surface area contributed by atoms with E-state index in [1.165, 1.54) is 5.69 Å². The summed E-state index contributed by atoms with van der Waals surface area (Å²) in [6.45, 7) is 10.6. The van der Waals surface area contributed by atoms with Gasteiger partial charge in [-0.15, -0.1) is 0 Å². The van der Waals surface area contributed by atoms with E-state index in [4.69, 9.17) is 4.98 Å². The molecule has 0 spiro atoms. The van der Waals surface area contributed by atoms with E-state index in [-0.39, 0.29) is 5.91 Å². The summed E-state index contributed by atoms with van der Waals surface area (Å²) in [5.74, 6) is 1.22. The van der Waals surface area contributed by atoms with Gasteiger partial charge in [0.2, 0.25) is 11.9 Å². The Hall–Kier alpha value is -3.17. The first-order chi connectivity index (χ1) is 16.8. The van der Waals surface area contributed by atoms with Gasteiger partial charge in [-0.05, 0) is 77.7 Å². The van der Waals surface area contributed by atoms with Gasteiger partial charge in [-0.25, -0.2) is 4.98 Å².